The van der Waals surface area contributed by atoms with Crippen molar-refractivity contribution in [3.8, 4) is 0 Å². The van der Waals surface area contributed by atoms with Gasteiger partial charge in [0.25, 0.3) is 11.8 Å². The van der Waals surface area contributed by atoms with Gasteiger partial charge in [0.2, 0.25) is 10.0 Å². The van der Waals surface area contributed by atoms with E-state index < -0.39 is 22.0 Å². The van der Waals surface area contributed by atoms with E-state index in [2.05, 4.69) is 10.3 Å². The Hall–Kier alpha value is -2.04. The molecule has 28 heavy (non-hydrogen) atoms. The number of rotatable bonds is 6. The Balaban J connectivity index is 1.68. The number of hydrogen-bond acceptors (Lipinski definition) is 7. The van der Waals surface area contributed by atoms with Crippen LogP contribution >= 0.6 is 0 Å². The Kier molecular flexibility index (Phi) is 6.31. The van der Waals surface area contributed by atoms with E-state index in [-0.39, 0.29) is 30.8 Å². The van der Waals surface area contributed by atoms with Crippen LogP contribution in [-0.4, -0.2) is 85.6 Å². The largest absolute Gasteiger partial charge is 0.385 e. The Labute approximate surface area is 165 Å². The molecular weight excluding hydrogens is 384 g/mol. The van der Waals surface area contributed by atoms with Gasteiger partial charge in [0.05, 0.1) is 11.8 Å². The van der Waals surface area contributed by atoms with E-state index >= 15 is 0 Å². The fourth-order valence-corrected chi connectivity index (χ4v) is 5.18. The molecule has 1 aromatic rings. The molecule has 0 aromatic carbocycles. The lowest BCUT2D eigenvalue weighted by molar-refractivity contribution is -0.130. The van der Waals surface area contributed by atoms with E-state index in [0.29, 0.717) is 31.7 Å². The third-order valence-corrected chi connectivity index (χ3v) is 6.80. The lowest BCUT2D eigenvalue weighted by Crippen LogP contribution is -2.44. The molecule has 2 amide bonds. The first-order chi connectivity index (χ1) is 13.3. The number of carbonyl (C=O) groups excluding carboxylic acids is 2. The number of pyridine rings is 1. The molecule has 2 aliphatic heterocycles. The minimum atomic E-state index is -3.63. The Bertz CT molecular complexity index is 844. The smallest absolute Gasteiger partial charge is 0.270 e. The number of fused-ring (bicyclic) bond motifs is 1. The van der Waals surface area contributed by atoms with Crippen molar-refractivity contribution in [3.63, 3.8) is 0 Å². The van der Waals surface area contributed by atoms with Crippen molar-refractivity contribution >= 4 is 21.8 Å². The van der Waals surface area contributed by atoms with Gasteiger partial charge >= 0.3 is 0 Å². The molecule has 0 spiro atoms. The summed E-state index contributed by atoms with van der Waals surface area (Å²) in [6.07, 6.45) is 0.833. The fraction of sp³-hybridized carbons (Fsp3) is 0.611. The second-order valence-corrected chi connectivity index (χ2v) is 9.17. The number of carbonyl (C=O) groups is 2. The predicted molar refractivity (Wildman–Crippen MR) is 102 cm³/mol. The molecule has 0 bridgehead atoms. The van der Waals surface area contributed by atoms with Gasteiger partial charge in [0.15, 0.2) is 0 Å². The minimum Gasteiger partial charge on any atom is -0.385 e. The summed E-state index contributed by atoms with van der Waals surface area (Å²) >= 11 is 0. The van der Waals surface area contributed by atoms with E-state index in [0.717, 1.165) is 10.00 Å². The third-order valence-electron chi connectivity index (χ3n) is 5.07. The van der Waals surface area contributed by atoms with Gasteiger partial charge in [-0.05, 0) is 31.9 Å². The number of hydrogen-bond donors (Lipinski definition) is 1. The quantitative estimate of drug-likeness (QED) is 0.645. The molecule has 2 atom stereocenters. The summed E-state index contributed by atoms with van der Waals surface area (Å²) in [7, 11) is -2.10. The van der Waals surface area contributed by atoms with E-state index in [9.17, 15) is 18.0 Å². The summed E-state index contributed by atoms with van der Waals surface area (Å²) in [6.45, 7) is 3.02. The average molecular weight is 410 g/mol. The molecule has 3 heterocycles. The second kappa shape index (κ2) is 8.54. The van der Waals surface area contributed by atoms with E-state index in [1.165, 1.54) is 7.11 Å². The molecule has 1 aromatic heterocycles. The Morgan fingerprint density at radius 1 is 1.39 bits per heavy atom. The van der Waals surface area contributed by atoms with Gasteiger partial charge in [-0.3, -0.25) is 14.5 Å². The van der Waals surface area contributed by atoms with E-state index in [4.69, 9.17) is 4.74 Å². The average Bonchev–Trinajstić information content (AvgIpc) is 3.02. The summed E-state index contributed by atoms with van der Waals surface area (Å²) in [5.74, 6) is -0.815. The van der Waals surface area contributed by atoms with Gasteiger partial charge in [-0.15, -0.1) is 0 Å². The Morgan fingerprint density at radius 2 is 2.18 bits per heavy atom. The summed E-state index contributed by atoms with van der Waals surface area (Å²) in [5, 5.41) is 2.92. The van der Waals surface area contributed by atoms with Crippen molar-refractivity contribution in [1.29, 1.82) is 0 Å². The molecule has 0 aliphatic carbocycles. The molecule has 0 unspecified atom stereocenters. The zero-order valence-corrected chi connectivity index (χ0v) is 16.9. The fourth-order valence-electron chi connectivity index (χ4n) is 3.69. The zero-order chi connectivity index (χ0) is 20.3. The monoisotopic (exact) mass is 410 g/mol. The van der Waals surface area contributed by atoms with Crippen LogP contribution in [-0.2, 0) is 19.6 Å². The van der Waals surface area contributed by atoms with Crippen molar-refractivity contribution in [2.75, 3.05) is 39.1 Å². The molecular formula is C18H26N4O5S. The number of amides is 2. The highest BCUT2D eigenvalue weighted by molar-refractivity contribution is 7.89. The van der Waals surface area contributed by atoms with Crippen molar-refractivity contribution in [2.24, 2.45) is 0 Å². The van der Waals surface area contributed by atoms with Crippen LogP contribution in [0.15, 0.2) is 18.2 Å². The van der Waals surface area contributed by atoms with Crippen LogP contribution in [0, 0.1) is 6.92 Å². The van der Waals surface area contributed by atoms with Crippen molar-refractivity contribution in [2.45, 2.75) is 31.8 Å². The molecule has 0 radical (unpaired) electrons. The first-order valence-electron chi connectivity index (χ1n) is 9.33. The maximum absolute atomic E-state index is 12.9. The molecule has 154 valence electrons. The SMILES string of the molecule is COCCCN1C(=O)[C@@H]2C[C@H](NC(=O)c3cccc(C)n3)CN2CCS1(=O)=O. The van der Waals surface area contributed by atoms with Gasteiger partial charge in [-0.2, -0.15) is 0 Å². The number of nitrogens with zero attached hydrogens (tertiary/aromatic N) is 3. The van der Waals surface area contributed by atoms with Gasteiger partial charge in [0.1, 0.15) is 5.69 Å². The molecule has 3 rings (SSSR count). The topological polar surface area (TPSA) is 109 Å². The maximum Gasteiger partial charge on any atom is 0.270 e. The third kappa shape index (κ3) is 4.50. The van der Waals surface area contributed by atoms with Crippen molar-refractivity contribution < 1.29 is 22.7 Å². The normalized spacial score (nSPS) is 24.6. The maximum atomic E-state index is 12.9. The van der Waals surface area contributed by atoms with Crippen molar-refractivity contribution in [1.82, 2.24) is 19.5 Å². The van der Waals surface area contributed by atoms with E-state index in [1.54, 1.807) is 12.1 Å². The number of methoxy groups -OCH3 is 1. The molecule has 10 heteroatoms. The molecule has 9 nitrogen and oxygen atoms in total. The van der Waals surface area contributed by atoms with Crippen LogP contribution in [0.3, 0.4) is 0 Å². The Morgan fingerprint density at radius 3 is 2.89 bits per heavy atom. The summed E-state index contributed by atoms with van der Waals surface area (Å²) in [4.78, 5) is 31.4. The van der Waals surface area contributed by atoms with Crippen LogP contribution in [0.4, 0.5) is 0 Å². The molecule has 0 saturated carbocycles. The predicted octanol–water partition coefficient (Wildman–Crippen LogP) is -0.229. The molecule has 1 N–H and O–H groups in total. The second-order valence-electron chi connectivity index (χ2n) is 7.15. The van der Waals surface area contributed by atoms with Crippen molar-refractivity contribution in [3.05, 3.63) is 29.6 Å². The highest BCUT2D eigenvalue weighted by Gasteiger charge is 2.45. The first-order valence-corrected chi connectivity index (χ1v) is 10.9. The first kappa shape index (κ1) is 20.7. The molecule has 2 aliphatic rings. The number of aryl methyl sites for hydroxylation is 1. The minimum absolute atomic E-state index is 0.109. The highest BCUT2D eigenvalue weighted by Crippen LogP contribution is 2.25. The van der Waals surface area contributed by atoms with Crippen LogP contribution in [0.1, 0.15) is 29.0 Å². The number of sulfonamides is 1. The van der Waals surface area contributed by atoms with Gasteiger partial charge < -0.3 is 10.1 Å². The zero-order valence-electron chi connectivity index (χ0n) is 16.1. The van der Waals surface area contributed by atoms with Crippen LogP contribution in [0.5, 0.6) is 0 Å². The lowest BCUT2D eigenvalue weighted by atomic mass is 10.1. The molecule has 2 fully saturated rings. The number of nitrogens with one attached hydrogen (secondary N) is 1. The number of aromatic nitrogens is 1. The van der Waals surface area contributed by atoms with Crippen LogP contribution in [0.2, 0.25) is 0 Å². The van der Waals surface area contributed by atoms with Crippen LogP contribution in [0.25, 0.3) is 0 Å². The molecule has 2 saturated heterocycles. The number of ether oxygens (including phenoxy) is 1. The standard InChI is InChI=1S/C18H26N4O5S/c1-13-5-3-6-15(19-13)17(23)20-14-11-16-18(24)22(7-4-9-27-2)28(25,26)10-8-21(16)12-14/h3,5-6,14,16H,4,7-12H2,1-2H3,(H,20,23)/t14-,16-/m0/s1. The van der Waals surface area contributed by atoms with Gasteiger partial charge in [-0.25, -0.2) is 17.7 Å². The van der Waals surface area contributed by atoms with Gasteiger partial charge in [-0.1, -0.05) is 6.07 Å². The summed E-state index contributed by atoms with van der Waals surface area (Å²) in [5.41, 5.74) is 1.08. The summed E-state index contributed by atoms with van der Waals surface area (Å²) < 4.78 is 30.9. The lowest BCUT2D eigenvalue weighted by Gasteiger charge is -2.23. The van der Waals surface area contributed by atoms with Gasteiger partial charge in [0, 0.05) is 45.1 Å². The highest BCUT2D eigenvalue weighted by atomic mass is 32.2. The van der Waals surface area contributed by atoms with Crippen LogP contribution < -0.4 is 5.32 Å². The summed E-state index contributed by atoms with van der Waals surface area (Å²) in [6, 6.07) is 4.45. The van der Waals surface area contributed by atoms with E-state index in [1.807, 2.05) is 17.9 Å².